The number of thiophene rings is 1. The van der Waals surface area contributed by atoms with Crippen LogP contribution in [0.25, 0.3) is 10.8 Å². The number of hydrogen-bond acceptors (Lipinski definition) is 6. The van der Waals surface area contributed by atoms with Crippen molar-refractivity contribution in [3.63, 3.8) is 0 Å². The van der Waals surface area contributed by atoms with E-state index in [-0.39, 0.29) is 10.3 Å². The maximum absolute atomic E-state index is 12.3. The van der Waals surface area contributed by atoms with E-state index in [4.69, 9.17) is 4.42 Å². The van der Waals surface area contributed by atoms with Crippen LogP contribution in [0.1, 0.15) is 31.6 Å². The van der Waals surface area contributed by atoms with Crippen molar-refractivity contribution in [2.75, 3.05) is 0 Å². The van der Waals surface area contributed by atoms with Gasteiger partial charge in [0.2, 0.25) is 15.9 Å². The number of nitrogens with one attached hydrogen (secondary N) is 1. The third kappa shape index (κ3) is 2.77. The van der Waals surface area contributed by atoms with Crippen molar-refractivity contribution in [1.29, 1.82) is 0 Å². The summed E-state index contributed by atoms with van der Waals surface area (Å²) in [4.78, 5) is 0.664. The number of aromatic nitrogens is 2. The summed E-state index contributed by atoms with van der Waals surface area (Å²) in [7, 11) is -3.45. The first kappa shape index (κ1) is 13.7. The SMILES string of the molecule is Cc1nnc(-c2ccc(S(=O)(=O)NC3CCCC3)s2)o1. The van der Waals surface area contributed by atoms with Crippen LogP contribution in [-0.4, -0.2) is 24.7 Å². The lowest BCUT2D eigenvalue weighted by atomic mass is 10.3. The highest BCUT2D eigenvalue weighted by Crippen LogP contribution is 2.30. The second-order valence-corrected chi connectivity index (χ2v) is 7.87. The summed E-state index contributed by atoms with van der Waals surface area (Å²) in [6, 6.07) is 3.34. The van der Waals surface area contributed by atoms with Crippen molar-refractivity contribution in [1.82, 2.24) is 14.9 Å². The maximum Gasteiger partial charge on any atom is 0.257 e. The molecule has 108 valence electrons. The van der Waals surface area contributed by atoms with Gasteiger partial charge in [0.05, 0.1) is 4.88 Å². The van der Waals surface area contributed by atoms with Gasteiger partial charge >= 0.3 is 0 Å². The first-order valence-electron chi connectivity index (χ1n) is 6.47. The predicted octanol–water partition coefficient (Wildman–Crippen LogP) is 2.33. The van der Waals surface area contributed by atoms with Crippen molar-refractivity contribution in [3.05, 3.63) is 18.0 Å². The molecule has 6 nitrogen and oxygen atoms in total. The summed E-state index contributed by atoms with van der Waals surface area (Å²) in [5.74, 6) is 0.816. The van der Waals surface area contributed by atoms with Crippen molar-refractivity contribution in [3.8, 4) is 10.8 Å². The fourth-order valence-electron chi connectivity index (χ4n) is 2.30. The van der Waals surface area contributed by atoms with E-state index >= 15 is 0 Å². The van der Waals surface area contributed by atoms with Crippen LogP contribution in [0.4, 0.5) is 0 Å². The van der Waals surface area contributed by atoms with Gasteiger partial charge in [-0.25, -0.2) is 13.1 Å². The molecule has 2 aromatic rings. The third-order valence-electron chi connectivity index (χ3n) is 3.26. The molecule has 0 aliphatic heterocycles. The van der Waals surface area contributed by atoms with Crippen LogP contribution in [0.5, 0.6) is 0 Å². The summed E-state index contributed by atoms with van der Waals surface area (Å²) in [5.41, 5.74) is 0. The summed E-state index contributed by atoms with van der Waals surface area (Å²) in [6.07, 6.45) is 4.01. The second kappa shape index (κ2) is 5.27. The summed E-state index contributed by atoms with van der Waals surface area (Å²) in [6.45, 7) is 1.70. The summed E-state index contributed by atoms with van der Waals surface area (Å²) in [5, 5.41) is 7.64. The fourth-order valence-corrected chi connectivity index (χ4v) is 4.85. The van der Waals surface area contributed by atoms with E-state index in [9.17, 15) is 8.42 Å². The Morgan fingerprint density at radius 2 is 2.05 bits per heavy atom. The van der Waals surface area contributed by atoms with Gasteiger partial charge in [-0.15, -0.1) is 21.5 Å². The maximum atomic E-state index is 12.3. The summed E-state index contributed by atoms with van der Waals surface area (Å²) < 4.78 is 32.9. The molecule has 0 radical (unpaired) electrons. The third-order valence-corrected chi connectivity index (χ3v) is 6.35. The topological polar surface area (TPSA) is 85.1 Å². The van der Waals surface area contributed by atoms with E-state index < -0.39 is 10.0 Å². The molecule has 2 heterocycles. The molecule has 0 saturated heterocycles. The average molecular weight is 313 g/mol. The van der Waals surface area contributed by atoms with E-state index in [0.29, 0.717) is 16.7 Å². The van der Waals surface area contributed by atoms with Crippen LogP contribution >= 0.6 is 11.3 Å². The van der Waals surface area contributed by atoms with Crippen LogP contribution < -0.4 is 4.72 Å². The molecule has 20 heavy (non-hydrogen) atoms. The minimum atomic E-state index is -3.45. The van der Waals surface area contributed by atoms with E-state index in [1.807, 2.05) is 0 Å². The van der Waals surface area contributed by atoms with E-state index in [0.717, 1.165) is 37.0 Å². The molecule has 2 aromatic heterocycles. The van der Waals surface area contributed by atoms with Gasteiger partial charge in [-0.1, -0.05) is 12.8 Å². The number of hydrogen-bond donors (Lipinski definition) is 1. The van der Waals surface area contributed by atoms with E-state index in [2.05, 4.69) is 14.9 Å². The van der Waals surface area contributed by atoms with Crippen LogP contribution in [0, 0.1) is 6.92 Å². The van der Waals surface area contributed by atoms with Gasteiger partial charge in [-0.3, -0.25) is 0 Å². The molecular formula is C12H15N3O3S2. The molecule has 0 spiro atoms. The van der Waals surface area contributed by atoms with Crippen molar-refractivity contribution in [2.24, 2.45) is 0 Å². The average Bonchev–Trinajstić information content (AvgIpc) is 3.07. The zero-order valence-corrected chi connectivity index (χ0v) is 12.6. The largest absolute Gasteiger partial charge is 0.420 e. The highest BCUT2D eigenvalue weighted by molar-refractivity contribution is 7.91. The number of nitrogens with zero attached hydrogens (tertiary/aromatic N) is 2. The number of aryl methyl sites for hydroxylation is 1. The number of sulfonamides is 1. The van der Waals surface area contributed by atoms with Gasteiger partial charge in [-0.2, -0.15) is 0 Å². The van der Waals surface area contributed by atoms with Gasteiger partial charge in [0.1, 0.15) is 4.21 Å². The molecule has 0 amide bonds. The van der Waals surface area contributed by atoms with E-state index in [1.165, 1.54) is 0 Å². The lowest BCUT2D eigenvalue weighted by molar-refractivity contribution is 0.534. The van der Waals surface area contributed by atoms with Gasteiger partial charge in [0, 0.05) is 13.0 Å². The van der Waals surface area contributed by atoms with Gasteiger partial charge in [-0.05, 0) is 25.0 Å². The second-order valence-electron chi connectivity index (χ2n) is 4.85. The molecule has 1 saturated carbocycles. The molecule has 3 rings (SSSR count). The van der Waals surface area contributed by atoms with Gasteiger partial charge in [0.15, 0.2) is 0 Å². The zero-order chi connectivity index (χ0) is 14.2. The first-order valence-corrected chi connectivity index (χ1v) is 8.77. The monoisotopic (exact) mass is 313 g/mol. The molecular weight excluding hydrogens is 298 g/mol. The van der Waals surface area contributed by atoms with Crippen LogP contribution in [-0.2, 0) is 10.0 Å². The molecule has 1 fully saturated rings. The number of rotatable bonds is 4. The van der Waals surface area contributed by atoms with Gasteiger partial charge in [0.25, 0.3) is 5.89 Å². The van der Waals surface area contributed by atoms with Crippen molar-refractivity contribution >= 4 is 21.4 Å². The minimum Gasteiger partial charge on any atom is -0.420 e. The highest BCUT2D eigenvalue weighted by atomic mass is 32.2. The van der Waals surface area contributed by atoms with Gasteiger partial charge < -0.3 is 4.42 Å². The summed E-state index contributed by atoms with van der Waals surface area (Å²) >= 11 is 1.14. The standard InChI is InChI=1S/C12H15N3O3S2/c1-8-13-14-12(18-8)10-6-7-11(19-10)20(16,17)15-9-4-2-3-5-9/h6-7,9,15H,2-5H2,1H3. The predicted molar refractivity (Wildman–Crippen MR) is 74.9 cm³/mol. The first-order chi connectivity index (χ1) is 9.54. The minimum absolute atomic E-state index is 0.0659. The van der Waals surface area contributed by atoms with Crippen LogP contribution in [0.2, 0.25) is 0 Å². The molecule has 0 unspecified atom stereocenters. The molecule has 1 aliphatic carbocycles. The molecule has 1 aliphatic rings. The lowest BCUT2D eigenvalue weighted by Crippen LogP contribution is -2.32. The van der Waals surface area contributed by atoms with Crippen molar-refractivity contribution < 1.29 is 12.8 Å². The molecule has 1 N–H and O–H groups in total. The fraction of sp³-hybridized carbons (Fsp3) is 0.500. The quantitative estimate of drug-likeness (QED) is 0.936. The van der Waals surface area contributed by atoms with Crippen LogP contribution in [0.3, 0.4) is 0 Å². The Hall–Kier alpha value is -1.25. The van der Waals surface area contributed by atoms with E-state index in [1.54, 1.807) is 19.1 Å². The Morgan fingerprint density at radius 3 is 2.70 bits per heavy atom. The Balaban J connectivity index is 1.81. The molecule has 0 aromatic carbocycles. The Morgan fingerprint density at radius 1 is 1.30 bits per heavy atom. The molecule has 0 atom stereocenters. The lowest BCUT2D eigenvalue weighted by Gasteiger charge is -2.10. The van der Waals surface area contributed by atoms with Crippen LogP contribution in [0.15, 0.2) is 20.8 Å². The van der Waals surface area contributed by atoms with Crippen molar-refractivity contribution in [2.45, 2.75) is 42.9 Å². The smallest absolute Gasteiger partial charge is 0.257 e. The zero-order valence-electron chi connectivity index (χ0n) is 11.0. The molecule has 8 heteroatoms. The Bertz CT molecular complexity index is 699. The highest BCUT2D eigenvalue weighted by Gasteiger charge is 2.24. The Labute approximate surface area is 121 Å². The Kier molecular flexibility index (Phi) is 3.61. The molecule has 0 bridgehead atoms. The normalized spacial score (nSPS) is 16.9.